The number of methoxy groups -OCH3 is 1. The van der Waals surface area contributed by atoms with Crippen LogP contribution in [0.1, 0.15) is 21.5 Å². The Morgan fingerprint density at radius 2 is 1.96 bits per heavy atom. The van der Waals surface area contributed by atoms with Crippen molar-refractivity contribution >= 4 is 5.91 Å². The maximum Gasteiger partial charge on any atom is 0.251 e. The van der Waals surface area contributed by atoms with E-state index in [4.69, 9.17) is 4.74 Å². The summed E-state index contributed by atoms with van der Waals surface area (Å²) in [5, 5.41) is 2.92. The number of amides is 1. The number of carbonyl (C=O) groups is 1. The Balaban J connectivity index is 1.60. The SMILES string of the molecule is COc1ccccc1CNC(=O)c1ccc(Cn2ccnc2)cc1. The Kier molecular flexibility index (Phi) is 4.91. The third-order valence-corrected chi connectivity index (χ3v) is 3.77. The summed E-state index contributed by atoms with van der Waals surface area (Å²) in [6.45, 7) is 1.17. The molecule has 0 unspecified atom stereocenters. The Labute approximate surface area is 140 Å². The van der Waals surface area contributed by atoms with E-state index in [1.807, 2.05) is 59.3 Å². The van der Waals surface area contributed by atoms with Crippen LogP contribution < -0.4 is 10.1 Å². The fourth-order valence-corrected chi connectivity index (χ4v) is 2.48. The fraction of sp³-hybridized carbons (Fsp3) is 0.158. The standard InChI is InChI=1S/C19H19N3O2/c1-24-18-5-3-2-4-17(18)12-21-19(23)16-8-6-15(7-9-16)13-22-11-10-20-14-22/h2-11,14H,12-13H2,1H3,(H,21,23). The van der Waals surface area contributed by atoms with Crippen LogP contribution in [-0.4, -0.2) is 22.6 Å². The number of para-hydroxylation sites is 1. The first-order valence-electron chi connectivity index (χ1n) is 7.71. The molecule has 2 aromatic carbocycles. The summed E-state index contributed by atoms with van der Waals surface area (Å²) < 4.78 is 7.27. The van der Waals surface area contributed by atoms with Crippen molar-refractivity contribution in [1.29, 1.82) is 0 Å². The van der Waals surface area contributed by atoms with Crippen LogP contribution in [0, 0.1) is 0 Å². The lowest BCUT2D eigenvalue weighted by Crippen LogP contribution is -2.23. The Morgan fingerprint density at radius 1 is 1.17 bits per heavy atom. The summed E-state index contributed by atoms with van der Waals surface area (Å²) in [7, 11) is 1.62. The zero-order valence-electron chi connectivity index (χ0n) is 13.5. The number of aromatic nitrogens is 2. The van der Waals surface area contributed by atoms with E-state index in [0.29, 0.717) is 12.1 Å². The normalized spacial score (nSPS) is 10.4. The molecule has 0 spiro atoms. The number of hydrogen-bond donors (Lipinski definition) is 1. The van der Waals surface area contributed by atoms with Crippen LogP contribution in [-0.2, 0) is 13.1 Å². The van der Waals surface area contributed by atoms with Crippen molar-refractivity contribution in [2.24, 2.45) is 0 Å². The molecule has 0 fully saturated rings. The molecule has 5 nitrogen and oxygen atoms in total. The van der Waals surface area contributed by atoms with Gasteiger partial charge in [0.2, 0.25) is 0 Å². The number of benzene rings is 2. The van der Waals surface area contributed by atoms with Gasteiger partial charge in [0, 0.05) is 36.6 Å². The molecule has 5 heteroatoms. The van der Waals surface area contributed by atoms with E-state index in [1.165, 1.54) is 0 Å². The van der Waals surface area contributed by atoms with Crippen molar-refractivity contribution in [2.45, 2.75) is 13.1 Å². The maximum atomic E-state index is 12.3. The first-order chi connectivity index (χ1) is 11.8. The maximum absolute atomic E-state index is 12.3. The fourth-order valence-electron chi connectivity index (χ4n) is 2.48. The quantitative estimate of drug-likeness (QED) is 0.759. The molecule has 1 amide bonds. The number of hydrogen-bond acceptors (Lipinski definition) is 3. The average Bonchev–Trinajstić information content (AvgIpc) is 3.13. The lowest BCUT2D eigenvalue weighted by atomic mass is 10.1. The molecule has 1 aromatic heterocycles. The summed E-state index contributed by atoms with van der Waals surface area (Å²) >= 11 is 0. The minimum atomic E-state index is -0.102. The van der Waals surface area contributed by atoms with Gasteiger partial charge in [0.05, 0.1) is 13.4 Å². The molecule has 0 radical (unpaired) electrons. The summed E-state index contributed by atoms with van der Waals surface area (Å²) in [4.78, 5) is 16.3. The van der Waals surface area contributed by atoms with Crippen LogP contribution in [0.5, 0.6) is 5.75 Å². The first-order valence-corrected chi connectivity index (χ1v) is 7.71. The van der Waals surface area contributed by atoms with Gasteiger partial charge >= 0.3 is 0 Å². The van der Waals surface area contributed by atoms with E-state index in [2.05, 4.69) is 10.3 Å². The molecule has 0 bridgehead atoms. The predicted molar refractivity (Wildman–Crippen MR) is 91.9 cm³/mol. The molecule has 3 aromatic rings. The highest BCUT2D eigenvalue weighted by Crippen LogP contribution is 2.17. The van der Waals surface area contributed by atoms with Crippen LogP contribution in [0.25, 0.3) is 0 Å². The minimum absolute atomic E-state index is 0.102. The van der Waals surface area contributed by atoms with Crippen LogP contribution in [0.3, 0.4) is 0 Å². The molecule has 0 saturated heterocycles. The van der Waals surface area contributed by atoms with Crippen LogP contribution >= 0.6 is 0 Å². The molecular formula is C19H19N3O2. The van der Waals surface area contributed by atoms with E-state index < -0.39 is 0 Å². The highest BCUT2D eigenvalue weighted by atomic mass is 16.5. The van der Waals surface area contributed by atoms with E-state index in [9.17, 15) is 4.79 Å². The highest BCUT2D eigenvalue weighted by molar-refractivity contribution is 5.94. The van der Waals surface area contributed by atoms with Gasteiger partial charge in [0.25, 0.3) is 5.91 Å². The van der Waals surface area contributed by atoms with Gasteiger partial charge in [-0.05, 0) is 23.8 Å². The molecule has 1 heterocycles. The molecule has 1 N–H and O–H groups in total. The van der Waals surface area contributed by atoms with Crippen LogP contribution in [0.4, 0.5) is 0 Å². The zero-order chi connectivity index (χ0) is 16.8. The van der Waals surface area contributed by atoms with E-state index in [-0.39, 0.29) is 5.91 Å². The van der Waals surface area contributed by atoms with Crippen molar-refractivity contribution in [3.05, 3.63) is 83.9 Å². The van der Waals surface area contributed by atoms with Gasteiger partial charge in [0.1, 0.15) is 5.75 Å². The van der Waals surface area contributed by atoms with Gasteiger partial charge in [-0.3, -0.25) is 4.79 Å². The molecule has 0 aliphatic rings. The Hall–Kier alpha value is -3.08. The summed E-state index contributed by atoms with van der Waals surface area (Å²) in [5.41, 5.74) is 2.71. The number of nitrogens with zero attached hydrogens (tertiary/aromatic N) is 2. The molecule has 0 aliphatic heterocycles. The van der Waals surface area contributed by atoms with Crippen molar-refractivity contribution in [3.8, 4) is 5.75 Å². The second kappa shape index (κ2) is 7.46. The van der Waals surface area contributed by atoms with Gasteiger partial charge in [-0.15, -0.1) is 0 Å². The number of carbonyl (C=O) groups excluding carboxylic acids is 1. The third kappa shape index (κ3) is 3.81. The molecule has 0 saturated carbocycles. The number of nitrogens with one attached hydrogen (secondary N) is 1. The van der Waals surface area contributed by atoms with Crippen molar-refractivity contribution in [2.75, 3.05) is 7.11 Å². The monoisotopic (exact) mass is 321 g/mol. The van der Waals surface area contributed by atoms with Crippen LogP contribution in [0.15, 0.2) is 67.3 Å². The highest BCUT2D eigenvalue weighted by Gasteiger charge is 2.07. The van der Waals surface area contributed by atoms with Gasteiger partial charge in [-0.1, -0.05) is 30.3 Å². The minimum Gasteiger partial charge on any atom is -0.496 e. The zero-order valence-corrected chi connectivity index (χ0v) is 13.5. The summed E-state index contributed by atoms with van der Waals surface area (Å²) in [5.74, 6) is 0.670. The molecule has 3 rings (SSSR count). The average molecular weight is 321 g/mol. The third-order valence-electron chi connectivity index (χ3n) is 3.77. The van der Waals surface area contributed by atoms with Crippen molar-refractivity contribution in [1.82, 2.24) is 14.9 Å². The Bertz CT molecular complexity index is 796. The van der Waals surface area contributed by atoms with Crippen molar-refractivity contribution in [3.63, 3.8) is 0 Å². The predicted octanol–water partition coefficient (Wildman–Crippen LogP) is 2.87. The summed E-state index contributed by atoms with van der Waals surface area (Å²) in [6, 6.07) is 15.2. The van der Waals surface area contributed by atoms with Gasteiger partial charge < -0.3 is 14.6 Å². The molecule has 122 valence electrons. The smallest absolute Gasteiger partial charge is 0.251 e. The van der Waals surface area contributed by atoms with Crippen LogP contribution in [0.2, 0.25) is 0 Å². The Morgan fingerprint density at radius 3 is 2.67 bits per heavy atom. The second-order valence-electron chi connectivity index (χ2n) is 5.43. The van der Waals surface area contributed by atoms with E-state index in [1.54, 1.807) is 19.6 Å². The molecular weight excluding hydrogens is 302 g/mol. The lowest BCUT2D eigenvalue weighted by Gasteiger charge is -2.10. The second-order valence-corrected chi connectivity index (χ2v) is 5.43. The number of rotatable bonds is 6. The topological polar surface area (TPSA) is 56.1 Å². The van der Waals surface area contributed by atoms with Gasteiger partial charge in [-0.25, -0.2) is 4.98 Å². The molecule has 0 aliphatic carbocycles. The van der Waals surface area contributed by atoms with Crippen molar-refractivity contribution < 1.29 is 9.53 Å². The number of imidazole rings is 1. The van der Waals surface area contributed by atoms with Gasteiger partial charge in [0.15, 0.2) is 0 Å². The summed E-state index contributed by atoms with van der Waals surface area (Å²) in [6.07, 6.45) is 5.43. The first kappa shape index (κ1) is 15.8. The lowest BCUT2D eigenvalue weighted by molar-refractivity contribution is 0.0950. The molecule has 24 heavy (non-hydrogen) atoms. The van der Waals surface area contributed by atoms with Gasteiger partial charge in [-0.2, -0.15) is 0 Å². The number of ether oxygens (including phenoxy) is 1. The van der Waals surface area contributed by atoms with E-state index in [0.717, 1.165) is 23.4 Å². The van der Waals surface area contributed by atoms with E-state index >= 15 is 0 Å². The largest absolute Gasteiger partial charge is 0.496 e. The molecule has 0 atom stereocenters.